The third-order valence-corrected chi connectivity index (χ3v) is 2.27. The fourth-order valence-corrected chi connectivity index (χ4v) is 1.42. The first-order valence-corrected chi connectivity index (χ1v) is 4.41. The van der Waals surface area contributed by atoms with E-state index in [0.717, 1.165) is 0 Å². The van der Waals surface area contributed by atoms with E-state index in [0.29, 0.717) is 25.9 Å². The summed E-state index contributed by atoms with van der Waals surface area (Å²) in [7, 11) is 0. The van der Waals surface area contributed by atoms with E-state index in [2.05, 4.69) is 0 Å². The summed E-state index contributed by atoms with van der Waals surface area (Å²) in [6, 6.07) is 0. The molecule has 13 heavy (non-hydrogen) atoms. The summed E-state index contributed by atoms with van der Waals surface area (Å²) in [6.07, 6.45) is -0.257. The van der Waals surface area contributed by atoms with Crippen molar-refractivity contribution in [1.82, 2.24) is 4.90 Å². The number of aliphatic hydroxyl groups is 2. The Morgan fingerprint density at radius 3 is 2.46 bits per heavy atom. The molecule has 1 saturated heterocycles. The molecule has 1 atom stereocenters. The molecule has 5 nitrogen and oxygen atoms in total. The Bertz CT molecular complexity index is 177. The van der Waals surface area contributed by atoms with Gasteiger partial charge in [0.15, 0.2) is 6.10 Å². The smallest absolute Gasteiger partial charge is 0.333 e. The first-order chi connectivity index (χ1) is 6.09. The van der Waals surface area contributed by atoms with Gasteiger partial charge in [0.05, 0.1) is 6.10 Å². The second kappa shape index (κ2) is 4.55. The quantitative estimate of drug-likeness (QED) is 0.524. The van der Waals surface area contributed by atoms with Crippen LogP contribution < -0.4 is 0 Å². The number of carboxylic acids is 1. The highest BCUT2D eigenvalue weighted by atomic mass is 16.4. The summed E-state index contributed by atoms with van der Waals surface area (Å²) in [5, 5.41) is 26.6. The highest BCUT2D eigenvalue weighted by Crippen LogP contribution is 2.09. The van der Waals surface area contributed by atoms with Crippen molar-refractivity contribution < 1.29 is 20.1 Å². The van der Waals surface area contributed by atoms with E-state index in [1.165, 1.54) is 0 Å². The zero-order valence-corrected chi connectivity index (χ0v) is 7.39. The molecule has 3 N–H and O–H groups in total. The minimum absolute atomic E-state index is 0.155. The molecule has 0 aromatic heterocycles. The number of carboxylic acid groups (broad SMARTS) is 1. The number of rotatable bonds is 3. The maximum Gasteiger partial charge on any atom is 0.333 e. The van der Waals surface area contributed by atoms with Crippen LogP contribution in [0.15, 0.2) is 0 Å². The molecule has 0 saturated carbocycles. The van der Waals surface area contributed by atoms with Gasteiger partial charge in [-0.25, -0.2) is 4.79 Å². The number of carbonyl (C=O) groups is 1. The van der Waals surface area contributed by atoms with Crippen LogP contribution in [0, 0.1) is 0 Å². The van der Waals surface area contributed by atoms with Crippen molar-refractivity contribution in [3.8, 4) is 0 Å². The summed E-state index contributed by atoms with van der Waals surface area (Å²) in [4.78, 5) is 12.2. The first kappa shape index (κ1) is 10.4. The number of likely N-dealkylation sites (tertiary alicyclic amines) is 1. The van der Waals surface area contributed by atoms with E-state index >= 15 is 0 Å². The minimum atomic E-state index is -1.31. The van der Waals surface area contributed by atoms with E-state index < -0.39 is 12.1 Å². The summed E-state index contributed by atoms with van der Waals surface area (Å²) in [5.74, 6) is -1.19. The Labute approximate surface area is 76.6 Å². The molecule has 0 aromatic rings. The number of hydrogen-bond acceptors (Lipinski definition) is 4. The zero-order chi connectivity index (χ0) is 9.84. The lowest BCUT2D eigenvalue weighted by Crippen LogP contribution is -2.42. The van der Waals surface area contributed by atoms with Crippen molar-refractivity contribution in [2.75, 3.05) is 19.6 Å². The van der Waals surface area contributed by atoms with Crippen molar-refractivity contribution in [3.63, 3.8) is 0 Å². The molecule has 0 aromatic carbocycles. The van der Waals surface area contributed by atoms with E-state index in [4.69, 9.17) is 15.3 Å². The van der Waals surface area contributed by atoms with Gasteiger partial charge in [0.1, 0.15) is 0 Å². The molecule has 5 heteroatoms. The largest absolute Gasteiger partial charge is 0.479 e. The van der Waals surface area contributed by atoms with Gasteiger partial charge in [0, 0.05) is 19.6 Å². The standard InChI is InChI=1S/C8H15NO4/c10-6-1-3-9(4-2-6)5-7(11)8(12)13/h6-7,10-11H,1-5H2,(H,12,13). The van der Waals surface area contributed by atoms with E-state index in [9.17, 15) is 4.79 Å². The molecule has 0 amide bonds. The van der Waals surface area contributed by atoms with Gasteiger partial charge in [-0.2, -0.15) is 0 Å². The Morgan fingerprint density at radius 1 is 1.46 bits per heavy atom. The van der Waals surface area contributed by atoms with Crippen molar-refractivity contribution >= 4 is 5.97 Å². The van der Waals surface area contributed by atoms with Gasteiger partial charge in [-0.3, -0.25) is 4.90 Å². The van der Waals surface area contributed by atoms with Crippen molar-refractivity contribution in [2.24, 2.45) is 0 Å². The lowest BCUT2D eigenvalue weighted by atomic mass is 10.1. The summed E-state index contributed by atoms with van der Waals surface area (Å²) >= 11 is 0. The van der Waals surface area contributed by atoms with Crippen LogP contribution in [0.25, 0.3) is 0 Å². The summed E-state index contributed by atoms with van der Waals surface area (Å²) < 4.78 is 0. The fraction of sp³-hybridized carbons (Fsp3) is 0.875. The minimum Gasteiger partial charge on any atom is -0.479 e. The molecular weight excluding hydrogens is 174 g/mol. The van der Waals surface area contributed by atoms with Crippen molar-refractivity contribution in [1.29, 1.82) is 0 Å². The van der Waals surface area contributed by atoms with Gasteiger partial charge in [0.2, 0.25) is 0 Å². The van der Waals surface area contributed by atoms with Crippen LogP contribution in [0.4, 0.5) is 0 Å². The molecule has 76 valence electrons. The van der Waals surface area contributed by atoms with Crippen LogP contribution in [-0.4, -0.2) is 58.0 Å². The third kappa shape index (κ3) is 3.30. The monoisotopic (exact) mass is 189 g/mol. The van der Waals surface area contributed by atoms with Crippen molar-refractivity contribution in [2.45, 2.75) is 25.0 Å². The summed E-state index contributed by atoms with van der Waals surface area (Å²) in [5.41, 5.74) is 0. The average molecular weight is 189 g/mol. The van der Waals surface area contributed by atoms with E-state index in [1.54, 1.807) is 0 Å². The lowest BCUT2D eigenvalue weighted by Gasteiger charge is -2.29. The van der Waals surface area contributed by atoms with Crippen LogP contribution in [0.3, 0.4) is 0 Å². The molecule has 0 spiro atoms. The fourth-order valence-electron chi connectivity index (χ4n) is 1.42. The van der Waals surface area contributed by atoms with Crippen LogP contribution in [-0.2, 0) is 4.79 Å². The Hall–Kier alpha value is -0.650. The van der Waals surface area contributed by atoms with Gasteiger partial charge in [-0.05, 0) is 12.8 Å². The van der Waals surface area contributed by atoms with Crippen LogP contribution in [0.1, 0.15) is 12.8 Å². The molecule has 1 aliphatic heterocycles. The lowest BCUT2D eigenvalue weighted by molar-refractivity contribution is -0.147. The van der Waals surface area contributed by atoms with Crippen molar-refractivity contribution in [3.05, 3.63) is 0 Å². The topological polar surface area (TPSA) is 81.0 Å². The first-order valence-electron chi connectivity index (χ1n) is 4.41. The van der Waals surface area contributed by atoms with Crippen LogP contribution >= 0.6 is 0 Å². The molecule has 1 aliphatic rings. The predicted molar refractivity (Wildman–Crippen MR) is 45.3 cm³/mol. The molecule has 1 heterocycles. The molecule has 0 bridgehead atoms. The zero-order valence-electron chi connectivity index (χ0n) is 7.39. The van der Waals surface area contributed by atoms with Gasteiger partial charge < -0.3 is 15.3 Å². The number of β-amino-alcohol motifs (C(OH)–C–C–N with tert-alkyl or cyclic N) is 1. The Balaban J connectivity index is 2.26. The molecule has 1 rings (SSSR count). The van der Waals surface area contributed by atoms with Gasteiger partial charge >= 0.3 is 5.97 Å². The highest BCUT2D eigenvalue weighted by molar-refractivity contribution is 5.72. The van der Waals surface area contributed by atoms with E-state index in [-0.39, 0.29) is 12.6 Å². The molecular formula is C8H15NO4. The highest BCUT2D eigenvalue weighted by Gasteiger charge is 2.22. The third-order valence-electron chi connectivity index (χ3n) is 2.27. The van der Waals surface area contributed by atoms with Gasteiger partial charge in [-0.1, -0.05) is 0 Å². The Kier molecular flexibility index (Phi) is 3.65. The molecule has 1 unspecified atom stereocenters. The SMILES string of the molecule is O=C(O)C(O)CN1CCC(O)CC1. The summed E-state index contributed by atoms with van der Waals surface area (Å²) in [6.45, 7) is 1.47. The van der Waals surface area contributed by atoms with Gasteiger partial charge in [0.25, 0.3) is 0 Å². The molecule has 0 aliphatic carbocycles. The van der Waals surface area contributed by atoms with Crippen LogP contribution in [0.5, 0.6) is 0 Å². The van der Waals surface area contributed by atoms with E-state index in [1.807, 2.05) is 4.90 Å². The molecule has 1 fully saturated rings. The van der Waals surface area contributed by atoms with Gasteiger partial charge in [-0.15, -0.1) is 0 Å². The predicted octanol–water partition coefficient (Wildman–Crippen LogP) is -1.11. The maximum absolute atomic E-state index is 10.3. The normalized spacial score (nSPS) is 22.9. The average Bonchev–Trinajstić information content (AvgIpc) is 2.08. The number of nitrogens with zero attached hydrogens (tertiary/aromatic N) is 1. The second-order valence-corrected chi connectivity index (χ2v) is 3.39. The second-order valence-electron chi connectivity index (χ2n) is 3.39. The Morgan fingerprint density at radius 2 is 2.00 bits per heavy atom. The number of aliphatic hydroxyl groups excluding tert-OH is 2. The van der Waals surface area contributed by atoms with Crippen LogP contribution in [0.2, 0.25) is 0 Å². The number of hydrogen-bond donors (Lipinski definition) is 3. The maximum atomic E-state index is 10.3. The number of aliphatic carboxylic acids is 1. The molecule has 0 radical (unpaired) electrons. The number of piperidine rings is 1.